The number of hydrogen-bond acceptors (Lipinski definition) is 6. The van der Waals surface area contributed by atoms with Crippen molar-refractivity contribution in [1.82, 2.24) is 10.1 Å². The summed E-state index contributed by atoms with van der Waals surface area (Å²) in [4.78, 5) is 17.5. The fourth-order valence-corrected chi connectivity index (χ4v) is 4.72. The molecule has 170 valence electrons. The van der Waals surface area contributed by atoms with E-state index in [1.807, 2.05) is 80.6 Å². The number of benzene rings is 3. The van der Waals surface area contributed by atoms with Crippen molar-refractivity contribution in [3.8, 4) is 16.3 Å². The fraction of sp³-hybridized carbons (Fsp3) is 0.148. The van der Waals surface area contributed by atoms with Crippen LogP contribution < -0.4 is 10.1 Å². The quantitative estimate of drug-likeness (QED) is 0.301. The molecule has 2 heterocycles. The van der Waals surface area contributed by atoms with E-state index >= 15 is 0 Å². The van der Waals surface area contributed by atoms with E-state index in [1.54, 1.807) is 11.3 Å². The van der Waals surface area contributed by atoms with Crippen LogP contribution >= 0.6 is 11.3 Å². The minimum Gasteiger partial charge on any atom is -0.489 e. The maximum atomic E-state index is 12.8. The number of anilines is 1. The Kier molecular flexibility index (Phi) is 6.10. The fourth-order valence-electron chi connectivity index (χ4n) is 3.71. The number of carbonyl (C=O) groups is 1. The second-order valence-corrected chi connectivity index (χ2v) is 9.02. The van der Waals surface area contributed by atoms with Crippen LogP contribution in [0.2, 0.25) is 0 Å². The van der Waals surface area contributed by atoms with E-state index < -0.39 is 0 Å². The maximum Gasteiger partial charge on any atom is 0.228 e. The molecule has 0 fully saturated rings. The smallest absolute Gasteiger partial charge is 0.228 e. The first-order valence-electron chi connectivity index (χ1n) is 10.9. The molecule has 0 saturated carbocycles. The van der Waals surface area contributed by atoms with Crippen LogP contribution in [-0.2, 0) is 17.8 Å². The topological polar surface area (TPSA) is 77.2 Å². The highest BCUT2D eigenvalue weighted by molar-refractivity contribution is 7.21. The molecule has 0 radical (unpaired) electrons. The van der Waals surface area contributed by atoms with Gasteiger partial charge in [-0.3, -0.25) is 4.79 Å². The summed E-state index contributed by atoms with van der Waals surface area (Å²) in [6.07, 6.45) is 0.262. The lowest BCUT2D eigenvalue weighted by Crippen LogP contribution is -2.15. The summed E-state index contributed by atoms with van der Waals surface area (Å²) in [6.45, 7) is 4.16. The average molecular weight is 470 g/mol. The highest BCUT2D eigenvalue weighted by atomic mass is 32.1. The van der Waals surface area contributed by atoms with E-state index in [9.17, 15) is 4.79 Å². The number of nitrogens with zero attached hydrogens (tertiary/aromatic N) is 2. The largest absolute Gasteiger partial charge is 0.489 e. The molecule has 0 spiro atoms. The summed E-state index contributed by atoms with van der Waals surface area (Å²) < 4.78 is 12.1. The molecule has 0 atom stereocenters. The summed E-state index contributed by atoms with van der Waals surface area (Å²) in [5.74, 6) is 1.40. The van der Waals surface area contributed by atoms with Gasteiger partial charge < -0.3 is 14.6 Å². The molecule has 0 aliphatic carbocycles. The molecule has 0 saturated heterocycles. The second-order valence-electron chi connectivity index (χ2n) is 7.99. The van der Waals surface area contributed by atoms with Gasteiger partial charge in [-0.2, -0.15) is 0 Å². The van der Waals surface area contributed by atoms with Crippen molar-refractivity contribution < 1.29 is 14.1 Å². The second kappa shape index (κ2) is 9.49. The zero-order valence-corrected chi connectivity index (χ0v) is 19.7. The van der Waals surface area contributed by atoms with Gasteiger partial charge in [0.25, 0.3) is 0 Å². The van der Waals surface area contributed by atoms with Crippen LogP contribution in [0.4, 0.5) is 5.69 Å². The summed E-state index contributed by atoms with van der Waals surface area (Å²) in [5.41, 5.74) is 5.32. The Balaban J connectivity index is 1.24. The van der Waals surface area contributed by atoms with E-state index in [1.165, 1.54) is 0 Å². The minimum atomic E-state index is -0.0852. The van der Waals surface area contributed by atoms with Crippen LogP contribution in [0.15, 0.2) is 77.3 Å². The van der Waals surface area contributed by atoms with Gasteiger partial charge in [-0.15, -0.1) is 11.3 Å². The molecular formula is C27H23N3O3S. The van der Waals surface area contributed by atoms with Crippen LogP contribution in [0, 0.1) is 13.8 Å². The highest BCUT2D eigenvalue weighted by Crippen LogP contribution is 2.34. The Bertz CT molecular complexity index is 1400. The van der Waals surface area contributed by atoms with Crippen LogP contribution in [0.3, 0.4) is 0 Å². The monoisotopic (exact) mass is 469 g/mol. The van der Waals surface area contributed by atoms with Crippen LogP contribution in [0.25, 0.3) is 20.8 Å². The SMILES string of the molecule is Cc1noc(C)c1COc1ccc(CC(=O)Nc2ccccc2-c2nc3ccccc3s2)cc1. The number of aromatic nitrogens is 2. The van der Waals surface area contributed by atoms with E-state index in [2.05, 4.69) is 16.5 Å². The summed E-state index contributed by atoms with van der Waals surface area (Å²) in [5, 5.41) is 7.88. The zero-order chi connectivity index (χ0) is 23.5. The highest BCUT2D eigenvalue weighted by Gasteiger charge is 2.13. The first kappa shape index (κ1) is 21.9. The van der Waals surface area contributed by atoms with Gasteiger partial charge in [0, 0.05) is 5.56 Å². The Morgan fingerprint density at radius 2 is 1.76 bits per heavy atom. The van der Waals surface area contributed by atoms with Crippen LogP contribution in [0.1, 0.15) is 22.6 Å². The zero-order valence-electron chi connectivity index (χ0n) is 18.9. The molecule has 34 heavy (non-hydrogen) atoms. The van der Waals surface area contributed by atoms with Crippen molar-refractivity contribution in [3.05, 3.63) is 95.4 Å². The molecule has 0 bridgehead atoms. The summed E-state index contributed by atoms with van der Waals surface area (Å²) in [7, 11) is 0. The van der Waals surface area contributed by atoms with Gasteiger partial charge in [0.15, 0.2) is 0 Å². The van der Waals surface area contributed by atoms with E-state index in [0.29, 0.717) is 6.61 Å². The number of aryl methyl sites for hydroxylation is 2. The number of fused-ring (bicyclic) bond motifs is 1. The molecule has 0 aliphatic rings. The van der Waals surface area contributed by atoms with E-state index in [4.69, 9.17) is 14.2 Å². The predicted molar refractivity (Wildman–Crippen MR) is 134 cm³/mol. The molecular weight excluding hydrogens is 446 g/mol. The summed E-state index contributed by atoms with van der Waals surface area (Å²) in [6, 6.07) is 23.4. The number of nitrogens with one attached hydrogen (secondary N) is 1. The number of rotatable bonds is 7. The lowest BCUT2D eigenvalue weighted by Gasteiger charge is -2.10. The first-order valence-corrected chi connectivity index (χ1v) is 11.8. The van der Waals surface area contributed by atoms with E-state index in [0.717, 1.165) is 54.8 Å². The Labute approximate surface area is 201 Å². The van der Waals surface area contributed by atoms with Gasteiger partial charge in [-0.25, -0.2) is 4.98 Å². The van der Waals surface area contributed by atoms with Gasteiger partial charge in [0.1, 0.15) is 23.1 Å². The third-order valence-electron chi connectivity index (χ3n) is 5.58. The number of para-hydroxylation sites is 2. The molecule has 5 rings (SSSR count). The van der Waals surface area contributed by atoms with Gasteiger partial charge in [0.05, 0.1) is 33.6 Å². The lowest BCUT2D eigenvalue weighted by atomic mass is 10.1. The third-order valence-corrected chi connectivity index (χ3v) is 6.65. The van der Waals surface area contributed by atoms with E-state index in [-0.39, 0.29) is 12.3 Å². The molecule has 5 aromatic rings. The first-order chi connectivity index (χ1) is 16.6. The molecule has 0 unspecified atom stereocenters. The molecule has 6 nitrogen and oxygen atoms in total. The minimum absolute atomic E-state index is 0.0852. The van der Waals surface area contributed by atoms with Gasteiger partial charge in [-0.1, -0.05) is 41.6 Å². The molecule has 0 aliphatic heterocycles. The molecule has 3 aromatic carbocycles. The number of amides is 1. The van der Waals surface area contributed by atoms with Crippen molar-refractivity contribution in [1.29, 1.82) is 0 Å². The van der Waals surface area contributed by atoms with Crippen LogP contribution in [0.5, 0.6) is 5.75 Å². The predicted octanol–water partition coefficient (Wildman–Crippen LogP) is 6.33. The van der Waals surface area contributed by atoms with Crippen molar-refractivity contribution in [2.75, 3.05) is 5.32 Å². The molecule has 1 N–H and O–H groups in total. The molecule has 1 amide bonds. The average Bonchev–Trinajstić information content (AvgIpc) is 3.41. The van der Waals surface area contributed by atoms with Crippen molar-refractivity contribution >= 4 is 33.1 Å². The number of thiazole rings is 1. The number of hydrogen-bond donors (Lipinski definition) is 1. The standard InChI is InChI=1S/C27H23N3O3S/c1-17-22(18(2)33-30-17)16-32-20-13-11-19(12-14-20)15-26(31)28-23-8-4-3-7-21(23)27-29-24-9-5-6-10-25(24)34-27/h3-14H,15-16H2,1-2H3,(H,28,31). The van der Waals surface area contributed by atoms with Gasteiger partial charge in [0.2, 0.25) is 5.91 Å². The van der Waals surface area contributed by atoms with Gasteiger partial charge in [-0.05, 0) is 55.8 Å². The number of carbonyl (C=O) groups excluding carboxylic acids is 1. The van der Waals surface area contributed by atoms with Crippen molar-refractivity contribution in [2.24, 2.45) is 0 Å². The summed E-state index contributed by atoms with van der Waals surface area (Å²) >= 11 is 1.62. The van der Waals surface area contributed by atoms with Crippen molar-refractivity contribution in [3.63, 3.8) is 0 Å². The normalized spacial score (nSPS) is 11.0. The maximum absolute atomic E-state index is 12.8. The Morgan fingerprint density at radius 1 is 1.00 bits per heavy atom. The van der Waals surface area contributed by atoms with Gasteiger partial charge >= 0.3 is 0 Å². The van der Waals surface area contributed by atoms with Crippen LogP contribution in [-0.4, -0.2) is 16.0 Å². The Hall–Kier alpha value is -3.97. The number of ether oxygens (including phenoxy) is 1. The third kappa shape index (κ3) is 4.70. The molecule has 7 heteroatoms. The molecule has 2 aromatic heterocycles. The van der Waals surface area contributed by atoms with Crippen molar-refractivity contribution in [2.45, 2.75) is 26.9 Å². The Morgan fingerprint density at radius 3 is 2.53 bits per heavy atom. The lowest BCUT2D eigenvalue weighted by molar-refractivity contribution is -0.115.